The normalized spacial score (nSPS) is 20.6. The van der Waals surface area contributed by atoms with E-state index < -0.39 is 0 Å². The molecule has 1 aliphatic carbocycles. The molecular weight excluding hydrogens is 356 g/mol. The summed E-state index contributed by atoms with van der Waals surface area (Å²) in [6, 6.07) is 17.1. The third-order valence-electron chi connectivity index (χ3n) is 7.04. The van der Waals surface area contributed by atoms with Crippen molar-refractivity contribution in [3.8, 4) is 11.5 Å². The van der Waals surface area contributed by atoms with E-state index in [9.17, 15) is 0 Å². The first-order valence-electron chi connectivity index (χ1n) is 11.0. The highest BCUT2D eigenvalue weighted by Crippen LogP contribution is 2.52. The average molecular weight is 393 g/mol. The third kappa shape index (κ3) is 4.22. The van der Waals surface area contributed by atoms with Crippen LogP contribution in [0.1, 0.15) is 65.0 Å². The predicted molar refractivity (Wildman–Crippen MR) is 122 cm³/mol. The Labute approximate surface area is 176 Å². The van der Waals surface area contributed by atoms with Gasteiger partial charge in [-0.25, -0.2) is 0 Å². The van der Waals surface area contributed by atoms with Crippen LogP contribution in [0.4, 0.5) is 0 Å². The summed E-state index contributed by atoms with van der Waals surface area (Å²) in [5.41, 5.74) is 2.81. The second-order valence-corrected chi connectivity index (χ2v) is 9.06. The monoisotopic (exact) mass is 392 g/mol. The standard InChI is InChI=1S/C27H36O2/c1-7-18-28-23-14-10-21(11-15-23)26(5,6)22-12-16-24(17-13-22)29-25-20(4)19-27(25,8-2)9-3/h7,10-17,20,25H,1,8-9,18-19H2,2-6H3. The van der Waals surface area contributed by atoms with Crippen molar-refractivity contribution in [3.05, 3.63) is 72.3 Å². The molecule has 29 heavy (non-hydrogen) atoms. The van der Waals surface area contributed by atoms with Crippen molar-refractivity contribution in [1.29, 1.82) is 0 Å². The zero-order chi connectivity index (χ0) is 21.1. The molecule has 2 aromatic rings. The van der Waals surface area contributed by atoms with E-state index in [1.807, 2.05) is 12.1 Å². The van der Waals surface area contributed by atoms with E-state index in [-0.39, 0.29) is 5.41 Å². The predicted octanol–water partition coefficient (Wildman–Crippen LogP) is 7.17. The third-order valence-corrected chi connectivity index (χ3v) is 7.04. The van der Waals surface area contributed by atoms with Crippen LogP contribution >= 0.6 is 0 Å². The molecule has 0 aliphatic heterocycles. The molecule has 0 bridgehead atoms. The topological polar surface area (TPSA) is 18.5 Å². The summed E-state index contributed by atoms with van der Waals surface area (Å²) in [6.07, 6.45) is 5.75. The molecule has 1 saturated carbocycles. The molecule has 2 heteroatoms. The van der Waals surface area contributed by atoms with Gasteiger partial charge in [-0.2, -0.15) is 0 Å². The van der Waals surface area contributed by atoms with Gasteiger partial charge in [-0.1, -0.05) is 71.5 Å². The first-order chi connectivity index (χ1) is 13.9. The van der Waals surface area contributed by atoms with E-state index in [1.54, 1.807) is 6.08 Å². The van der Waals surface area contributed by atoms with E-state index in [2.05, 4.69) is 77.6 Å². The molecule has 0 spiro atoms. The van der Waals surface area contributed by atoms with Crippen molar-refractivity contribution in [1.82, 2.24) is 0 Å². The van der Waals surface area contributed by atoms with Crippen LogP contribution in [0.15, 0.2) is 61.2 Å². The average Bonchev–Trinajstić information content (AvgIpc) is 2.74. The van der Waals surface area contributed by atoms with Crippen LogP contribution in [0.25, 0.3) is 0 Å². The minimum atomic E-state index is -0.0874. The summed E-state index contributed by atoms with van der Waals surface area (Å²) in [7, 11) is 0. The fourth-order valence-electron chi connectivity index (χ4n) is 4.88. The molecule has 2 unspecified atom stereocenters. The molecule has 2 nitrogen and oxygen atoms in total. The maximum absolute atomic E-state index is 6.46. The van der Waals surface area contributed by atoms with Gasteiger partial charge in [-0.3, -0.25) is 0 Å². The zero-order valence-electron chi connectivity index (χ0n) is 18.7. The van der Waals surface area contributed by atoms with Crippen LogP contribution in [-0.2, 0) is 5.41 Å². The Morgan fingerprint density at radius 1 is 0.966 bits per heavy atom. The van der Waals surface area contributed by atoms with Crippen LogP contribution in [0, 0.1) is 11.3 Å². The van der Waals surface area contributed by atoms with Gasteiger partial charge in [-0.05, 0) is 60.6 Å². The first kappa shape index (κ1) is 21.5. The maximum Gasteiger partial charge on any atom is 0.119 e. The summed E-state index contributed by atoms with van der Waals surface area (Å²) in [5.74, 6) is 2.49. The van der Waals surface area contributed by atoms with Crippen molar-refractivity contribution in [2.24, 2.45) is 11.3 Å². The van der Waals surface area contributed by atoms with Gasteiger partial charge in [-0.15, -0.1) is 0 Å². The maximum atomic E-state index is 6.46. The zero-order valence-corrected chi connectivity index (χ0v) is 18.7. The van der Waals surface area contributed by atoms with E-state index >= 15 is 0 Å². The second-order valence-electron chi connectivity index (χ2n) is 9.06. The molecule has 1 fully saturated rings. The van der Waals surface area contributed by atoms with Crippen LogP contribution in [0.5, 0.6) is 11.5 Å². The molecule has 3 rings (SSSR count). The lowest BCUT2D eigenvalue weighted by atomic mass is 9.57. The lowest BCUT2D eigenvalue weighted by Gasteiger charge is -2.53. The van der Waals surface area contributed by atoms with Crippen molar-refractivity contribution >= 4 is 0 Å². The van der Waals surface area contributed by atoms with Crippen molar-refractivity contribution in [2.75, 3.05) is 6.61 Å². The van der Waals surface area contributed by atoms with Gasteiger partial charge in [0.1, 0.15) is 24.2 Å². The minimum absolute atomic E-state index is 0.0874. The number of hydrogen-bond donors (Lipinski definition) is 0. The summed E-state index contributed by atoms with van der Waals surface area (Å²) in [4.78, 5) is 0. The van der Waals surface area contributed by atoms with E-state index in [0.29, 0.717) is 24.0 Å². The smallest absolute Gasteiger partial charge is 0.119 e. The van der Waals surface area contributed by atoms with E-state index in [1.165, 1.54) is 30.4 Å². The lowest BCUT2D eigenvalue weighted by molar-refractivity contribution is -0.101. The highest BCUT2D eigenvalue weighted by Gasteiger charge is 2.51. The molecule has 156 valence electrons. The Kier molecular flexibility index (Phi) is 6.41. The highest BCUT2D eigenvalue weighted by molar-refractivity contribution is 5.42. The molecule has 0 aromatic heterocycles. The van der Waals surface area contributed by atoms with Gasteiger partial charge in [0.05, 0.1) is 0 Å². The van der Waals surface area contributed by atoms with Gasteiger partial charge in [0.15, 0.2) is 0 Å². The molecule has 2 aromatic carbocycles. The van der Waals surface area contributed by atoms with Crippen molar-refractivity contribution in [3.63, 3.8) is 0 Å². The largest absolute Gasteiger partial charge is 0.490 e. The van der Waals surface area contributed by atoms with Crippen LogP contribution in [0.2, 0.25) is 0 Å². The highest BCUT2D eigenvalue weighted by atomic mass is 16.5. The molecule has 0 saturated heterocycles. The fraction of sp³-hybridized carbons (Fsp3) is 0.481. The number of benzene rings is 2. The van der Waals surface area contributed by atoms with Gasteiger partial charge in [0, 0.05) is 10.8 Å². The number of hydrogen-bond acceptors (Lipinski definition) is 2. The first-order valence-corrected chi connectivity index (χ1v) is 11.0. The van der Waals surface area contributed by atoms with E-state index in [4.69, 9.17) is 9.47 Å². The minimum Gasteiger partial charge on any atom is -0.490 e. The van der Waals surface area contributed by atoms with Crippen LogP contribution in [-0.4, -0.2) is 12.7 Å². The van der Waals surface area contributed by atoms with Crippen LogP contribution < -0.4 is 9.47 Å². The number of rotatable bonds is 9. The Hall–Kier alpha value is -2.22. The Bertz CT molecular complexity index is 797. The molecule has 0 heterocycles. The molecule has 0 radical (unpaired) electrons. The summed E-state index contributed by atoms with van der Waals surface area (Å²) in [6.45, 7) is 15.6. The van der Waals surface area contributed by atoms with Crippen LogP contribution in [0.3, 0.4) is 0 Å². The van der Waals surface area contributed by atoms with Gasteiger partial charge >= 0.3 is 0 Å². The second kappa shape index (κ2) is 8.65. The summed E-state index contributed by atoms with van der Waals surface area (Å²) in [5, 5.41) is 0. The molecule has 0 amide bonds. The Morgan fingerprint density at radius 2 is 1.48 bits per heavy atom. The van der Waals surface area contributed by atoms with Gasteiger partial charge in [0.2, 0.25) is 0 Å². The van der Waals surface area contributed by atoms with Crippen molar-refractivity contribution < 1.29 is 9.47 Å². The Balaban J connectivity index is 1.72. The quantitative estimate of drug-likeness (QED) is 0.421. The van der Waals surface area contributed by atoms with Gasteiger partial charge < -0.3 is 9.47 Å². The lowest BCUT2D eigenvalue weighted by Crippen LogP contribution is -2.54. The molecule has 0 N–H and O–H groups in total. The van der Waals surface area contributed by atoms with E-state index in [0.717, 1.165) is 11.5 Å². The summed E-state index contributed by atoms with van der Waals surface area (Å²) < 4.78 is 12.1. The summed E-state index contributed by atoms with van der Waals surface area (Å²) >= 11 is 0. The Morgan fingerprint density at radius 3 is 1.93 bits per heavy atom. The number of ether oxygens (including phenoxy) is 2. The van der Waals surface area contributed by atoms with Crippen molar-refractivity contribution in [2.45, 2.75) is 65.4 Å². The SMILES string of the molecule is C=CCOc1ccc(C(C)(C)c2ccc(OC3C(C)CC3(CC)CC)cc2)cc1. The molecule has 2 atom stereocenters. The molecular formula is C27H36O2. The fourth-order valence-corrected chi connectivity index (χ4v) is 4.88. The molecule has 1 aliphatic rings. The van der Waals surface area contributed by atoms with Gasteiger partial charge in [0.25, 0.3) is 0 Å².